The summed E-state index contributed by atoms with van der Waals surface area (Å²) in [6.45, 7) is 4.42. The van der Waals surface area contributed by atoms with E-state index in [-0.39, 0.29) is 0 Å². The van der Waals surface area contributed by atoms with E-state index in [1.165, 1.54) is 48.3 Å². The Labute approximate surface area is 97.7 Å². The number of aryl methyl sites for hydroxylation is 2. The Balaban J connectivity index is 2.19. The van der Waals surface area contributed by atoms with Crippen LogP contribution < -0.4 is 5.73 Å². The van der Waals surface area contributed by atoms with Crippen LogP contribution in [-0.4, -0.2) is 6.04 Å². The second kappa shape index (κ2) is 7.02. The van der Waals surface area contributed by atoms with Crippen LogP contribution in [0.3, 0.4) is 0 Å². The first-order chi connectivity index (χ1) is 7.26. The van der Waals surface area contributed by atoms with Crippen LogP contribution in [0, 0.1) is 0 Å². The van der Waals surface area contributed by atoms with Crippen molar-refractivity contribution in [2.75, 3.05) is 0 Å². The number of nitrogens with two attached hydrogens (primary N) is 1. The van der Waals surface area contributed by atoms with E-state index in [4.69, 9.17) is 5.73 Å². The third-order valence-corrected chi connectivity index (χ3v) is 4.01. The Morgan fingerprint density at radius 3 is 2.53 bits per heavy atom. The van der Waals surface area contributed by atoms with Gasteiger partial charge in [0.05, 0.1) is 0 Å². The molecule has 86 valence electrons. The third kappa shape index (κ3) is 4.80. The van der Waals surface area contributed by atoms with Crippen molar-refractivity contribution in [3.05, 3.63) is 21.9 Å². The summed E-state index contributed by atoms with van der Waals surface area (Å²) in [7, 11) is 0. The van der Waals surface area contributed by atoms with Gasteiger partial charge in [-0.15, -0.1) is 11.3 Å². The van der Waals surface area contributed by atoms with Gasteiger partial charge in [-0.3, -0.25) is 0 Å². The zero-order valence-corrected chi connectivity index (χ0v) is 10.8. The minimum absolute atomic E-state index is 0.417. The van der Waals surface area contributed by atoms with Gasteiger partial charge in [0.2, 0.25) is 0 Å². The summed E-state index contributed by atoms with van der Waals surface area (Å²) in [5, 5.41) is 0. The van der Waals surface area contributed by atoms with Gasteiger partial charge in [0.25, 0.3) is 0 Å². The van der Waals surface area contributed by atoms with E-state index in [1.54, 1.807) is 0 Å². The van der Waals surface area contributed by atoms with Gasteiger partial charge >= 0.3 is 0 Å². The molecule has 0 saturated heterocycles. The molecule has 0 bridgehead atoms. The lowest BCUT2D eigenvalue weighted by Crippen LogP contribution is -2.19. The second-order valence-corrected chi connectivity index (χ2v) is 5.42. The van der Waals surface area contributed by atoms with Crippen LogP contribution >= 0.6 is 11.3 Å². The summed E-state index contributed by atoms with van der Waals surface area (Å²) < 4.78 is 0. The molecular formula is C13H23NS. The van der Waals surface area contributed by atoms with E-state index in [0.29, 0.717) is 6.04 Å². The normalized spacial score (nSPS) is 13.0. The van der Waals surface area contributed by atoms with Crippen LogP contribution in [0.15, 0.2) is 12.1 Å². The fraction of sp³-hybridized carbons (Fsp3) is 0.692. The summed E-state index contributed by atoms with van der Waals surface area (Å²) in [6, 6.07) is 4.95. The highest BCUT2D eigenvalue weighted by Crippen LogP contribution is 2.19. The molecule has 1 aromatic rings. The van der Waals surface area contributed by atoms with Crippen molar-refractivity contribution in [1.29, 1.82) is 0 Å². The molecule has 0 fully saturated rings. The predicted octanol–water partition coefficient (Wildman–Crippen LogP) is 3.76. The van der Waals surface area contributed by atoms with Crippen LogP contribution in [0.1, 0.15) is 49.3 Å². The number of hydrogen-bond acceptors (Lipinski definition) is 2. The van der Waals surface area contributed by atoms with Crippen molar-refractivity contribution in [3.63, 3.8) is 0 Å². The quantitative estimate of drug-likeness (QED) is 0.751. The van der Waals surface area contributed by atoms with Gasteiger partial charge in [-0.25, -0.2) is 0 Å². The Morgan fingerprint density at radius 1 is 1.20 bits per heavy atom. The maximum Gasteiger partial charge on any atom is 0.00481 e. The minimum atomic E-state index is 0.417. The molecule has 1 atom stereocenters. The van der Waals surface area contributed by atoms with Crippen molar-refractivity contribution in [2.24, 2.45) is 5.73 Å². The van der Waals surface area contributed by atoms with E-state index in [9.17, 15) is 0 Å². The van der Waals surface area contributed by atoms with Crippen molar-refractivity contribution < 1.29 is 0 Å². The lowest BCUT2D eigenvalue weighted by atomic mass is 10.1. The highest BCUT2D eigenvalue weighted by Gasteiger charge is 2.02. The number of hydrogen-bond donors (Lipinski definition) is 1. The number of rotatable bonds is 7. The zero-order valence-electron chi connectivity index (χ0n) is 9.96. The van der Waals surface area contributed by atoms with Gasteiger partial charge in [0.1, 0.15) is 0 Å². The monoisotopic (exact) mass is 225 g/mol. The minimum Gasteiger partial charge on any atom is -0.328 e. The molecule has 0 radical (unpaired) electrons. The van der Waals surface area contributed by atoms with Crippen LogP contribution in [0.4, 0.5) is 0 Å². The van der Waals surface area contributed by atoms with Gasteiger partial charge < -0.3 is 5.73 Å². The highest BCUT2D eigenvalue weighted by atomic mass is 32.1. The first-order valence-corrected chi connectivity index (χ1v) is 6.91. The van der Waals surface area contributed by atoms with Gasteiger partial charge in [0, 0.05) is 15.8 Å². The van der Waals surface area contributed by atoms with Crippen LogP contribution in [0.2, 0.25) is 0 Å². The van der Waals surface area contributed by atoms with Crippen molar-refractivity contribution in [2.45, 2.75) is 58.4 Å². The molecule has 0 amide bonds. The molecule has 1 heterocycles. The molecule has 0 saturated carbocycles. The molecule has 0 aliphatic carbocycles. The van der Waals surface area contributed by atoms with Gasteiger partial charge in [-0.05, 0) is 44.2 Å². The topological polar surface area (TPSA) is 26.0 Å². The van der Waals surface area contributed by atoms with Gasteiger partial charge in [-0.2, -0.15) is 0 Å². The molecule has 0 aliphatic rings. The van der Waals surface area contributed by atoms with E-state index >= 15 is 0 Å². The summed E-state index contributed by atoms with van der Waals surface area (Å²) in [5.41, 5.74) is 5.98. The molecule has 2 N–H and O–H groups in total. The van der Waals surface area contributed by atoms with Crippen LogP contribution in [0.5, 0.6) is 0 Å². The maximum absolute atomic E-state index is 5.98. The van der Waals surface area contributed by atoms with Gasteiger partial charge in [0.15, 0.2) is 0 Å². The molecule has 1 nitrogen and oxygen atoms in total. The van der Waals surface area contributed by atoms with Crippen molar-refractivity contribution >= 4 is 11.3 Å². The largest absolute Gasteiger partial charge is 0.328 e. The summed E-state index contributed by atoms with van der Waals surface area (Å²) in [5.74, 6) is 0. The van der Waals surface area contributed by atoms with Crippen molar-refractivity contribution in [1.82, 2.24) is 0 Å². The summed E-state index contributed by atoms with van der Waals surface area (Å²) >= 11 is 1.96. The summed E-state index contributed by atoms with van der Waals surface area (Å²) in [6.07, 6.45) is 7.17. The number of thiophene rings is 1. The molecule has 0 aliphatic heterocycles. The fourth-order valence-electron chi connectivity index (χ4n) is 1.80. The third-order valence-electron chi connectivity index (χ3n) is 2.72. The Kier molecular flexibility index (Phi) is 5.96. The highest BCUT2D eigenvalue weighted by molar-refractivity contribution is 7.11. The van der Waals surface area contributed by atoms with Gasteiger partial charge in [-0.1, -0.05) is 20.3 Å². The molecule has 1 aromatic heterocycles. The predicted molar refractivity (Wildman–Crippen MR) is 69.5 cm³/mol. The van der Waals surface area contributed by atoms with Crippen molar-refractivity contribution in [3.8, 4) is 0 Å². The second-order valence-electron chi connectivity index (χ2n) is 4.16. The van der Waals surface area contributed by atoms with E-state index in [2.05, 4.69) is 26.0 Å². The lowest BCUT2D eigenvalue weighted by molar-refractivity contribution is 0.540. The SMILES string of the molecule is CCCC(N)CCCc1ccc(CC)s1. The van der Waals surface area contributed by atoms with E-state index < -0.39 is 0 Å². The zero-order chi connectivity index (χ0) is 11.1. The van der Waals surface area contributed by atoms with Crippen LogP contribution in [0.25, 0.3) is 0 Å². The first-order valence-electron chi connectivity index (χ1n) is 6.09. The molecule has 2 heteroatoms. The molecule has 0 spiro atoms. The standard InChI is InChI=1S/C13H23NS/c1-3-6-11(14)7-5-8-13-10-9-12(4-2)15-13/h9-11H,3-8,14H2,1-2H3. The summed E-state index contributed by atoms with van der Waals surface area (Å²) in [4.78, 5) is 3.03. The Bertz CT molecular complexity index is 267. The molecule has 1 rings (SSSR count). The van der Waals surface area contributed by atoms with Crippen LogP contribution in [-0.2, 0) is 12.8 Å². The Hall–Kier alpha value is -0.340. The lowest BCUT2D eigenvalue weighted by Gasteiger charge is -2.08. The molecular weight excluding hydrogens is 202 g/mol. The average Bonchev–Trinajstić information content (AvgIpc) is 2.66. The van der Waals surface area contributed by atoms with E-state index in [0.717, 1.165) is 0 Å². The molecule has 1 unspecified atom stereocenters. The fourth-order valence-corrected chi connectivity index (χ4v) is 2.80. The van der Waals surface area contributed by atoms with E-state index in [1.807, 2.05) is 11.3 Å². The average molecular weight is 225 g/mol. The molecule has 15 heavy (non-hydrogen) atoms. The maximum atomic E-state index is 5.98. The Morgan fingerprint density at radius 2 is 1.93 bits per heavy atom. The first kappa shape index (κ1) is 12.7. The smallest absolute Gasteiger partial charge is 0.00481 e. The molecule has 0 aromatic carbocycles.